The second-order valence-corrected chi connectivity index (χ2v) is 6.12. The minimum Gasteiger partial charge on any atom is -0.282 e. The third kappa shape index (κ3) is 4.29. The van der Waals surface area contributed by atoms with Gasteiger partial charge in [0.15, 0.2) is 0 Å². The SMILES string of the molecule is CCCSCCc1cc(C(C)(C)C)n[nH]1. The number of rotatable bonds is 5. The van der Waals surface area contributed by atoms with Gasteiger partial charge in [-0.1, -0.05) is 27.7 Å². The zero-order valence-electron chi connectivity index (χ0n) is 10.3. The smallest absolute Gasteiger partial charge is 0.0678 e. The molecule has 1 N–H and O–H groups in total. The maximum absolute atomic E-state index is 4.35. The Bertz CT molecular complexity index is 286. The topological polar surface area (TPSA) is 28.7 Å². The van der Waals surface area contributed by atoms with Gasteiger partial charge in [0.05, 0.1) is 5.69 Å². The highest BCUT2D eigenvalue weighted by molar-refractivity contribution is 7.99. The van der Waals surface area contributed by atoms with Crippen molar-refractivity contribution in [2.24, 2.45) is 0 Å². The number of hydrogen-bond donors (Lipinski definition) is 1. The summed E-state index contributed by atoms with van der Waals surface area (Å²) in [5, 5.41) is 7.48. The molecule has 2 nitrogen and oxygen atoms in total. The summed E-state index contributed by atoms with van der Waals surface area (Å²) in [6, 6.07) is 2.20. The highest BCUT2D eigenvalue weighted by Crippen LogP contribution is 2.20. The molecule has 0 saturated heterocycles. The van der Waals surface area contributed by atoms with Crippen molar-refractivity contribution in [2.45, 2.75) is 46.0 Å². The number of thioether (sulfide) groups is 1. The Kier molecular flexibility index (Phi) is 4.71. The molecule has 0 atom stereocenters. The normalized spacial score (nSPS) is 12.0. The molecule has 0 aliphatic heterocycles. The van der Waals surface area contributed by atoms with Gasteiger partial charge in [-0.2, -0.15) is 16.9 Å². The largest absolute Gasteiger partial charge is 0.282 e. The highest BCUT2D eigenvalue weighted by Gasteiger charge is 2.16. The minimum absolute atomic E-state index is 0.158. The van der Waals surface area contributed by atoms with Crippen LogP contribution in [0.15, 0.2) is 6.07 Å². The molecule has 0 saturated carbocycles. The molecule has 1 aromatic heterocycles. The number of nitrogens with zero attached hydrogens (tertiary/aromatic N) is 1. The minimum atomic E-state index is 0.158. The summed E-state index contributed by atoms with van der Waals surface area (Å²) in [4.78, 5) is 0. The molecule has 15 heavy (non-hydrogen) atoms. The quantitative estimate of drug-likeness (QED) is 0.780. The Hall–Kier alpha value is -0.440. The molecule has 0 fully saturated rings. The molecule has 1 aromatic rings. The van der Waals surface area contributed by atoms with Gasteiger partial charge in [-0.15, -0.1) is 0 Å². The van der Waals surface area contributed by atoms with Crippen LogP contribution in [0.3, 0.4) is 0 Å². The van der Waals surface area contributed by atoms with E-state index >= 15 is 0 Å². The summed E-state index contributed by atoms with van der Waals surface area (Å²) in [6.45, 7) is 8.80. The van der Waals surface area contributed by atoms with Gasteiger partial charge in [0.2, 0.25) is 0 Å². The average molecular weight is 226 g/mol. The van der Waals surface area contributed by atoms with Gasteiger partial charge >= 0.3 is 0 Å². The van der Waals surface area contributed by atoms with Crippen molar-refractivity contribution in [3.05, 3.63) is 17.5 Å². The fourth-order valence-corrected chi connectivity index (χ4v) is 2.16. The van der Waals surface area contributed by atoms with E-state index in [1.165, 1.54) is 23.6 Å². The maximum Gasteiger partial charge on any atom is 0.0678 e. The van der Waals surface area contributed by atoms with Crippen molar-refractivity contribution in [1.29, 1.82) is 0 Å². The number of aromatic nitrogens is 2. The molecule has 0 aromatic carbocycles. The zero-order valence-corrected chi connectivity index (χ0v) is 11.1. The molecular formula is C12H22N2S. The molecule has 0 aliphatic carbocycles. The van der Waals surface area contributed by atoms with Crippen molar-refractivity contribution in [3.63, 3.8) is 0 Å². The molecule has 0 aliphatic rings. The van der Waals surface area contributed by atoms with Gasteiger partial charge in [-0.25, -0.2) is 0 Å². The summed E-state index contributed by atoms with van der Waals surface area (Å²) in [7, 11) is 0. The number of aromatic amines is 1. The van der Waals surface area contributed by atoms with Crippen LogP contribution in [0.5, 0.6) is 0 Å². The second kappa shape index (κ2) is 5.59. The lowest BCUT2D eigenvalue weighted by Crippen LogP contribution is -2.11. The van der Waals surface area contributed by atoms with Crippen molar-refractivity contribution in [1.82, 2.24) is 10.2 Å². The van der Waals surface area contributed by atoms with E-state index in [2.05, 4.69) is 44.0 Å². The van der Waals surface area contributed by atoms with E-state index in [9.17, 15) is 0 Å². The molecule has 1 rings (SSSR count). The number of nitrogens with one attached hydrogen (secondary N) is 1. The number of aryl methyl sites for hydroxylation is 1. The molecular weight excluding hydrogens is 204 g/mol. The van der Waals surface area contributed by atoms with Crippen LogP contribution in [0.1, 0.15) is 45.5 Å². The summed E-state index contributed by atoms with van der Waals surface area (Å²) in [6.07, 6.45) is 2.37. The molecule has 3 heteroatoms. The maximum atomic E-state index is 4.35. The van der Waals surface area contributed by atoms with E-state index in [0.29, 0.717) is 0 Å². The fourth-order valence-electron chi connectivity index (χ4n) is 1.30. The predicted octanol–water partition coefficient (Wildman–Crippen LogP) is 3.39. The van der Waals surface area contributed by atoms with Gasteiger partial charge in [-0.05, 0) is 30.4 Å². The van der Waals surface area contributed by atoms with Gasteiger partial charge in [0, 0.05) is 11.1 Å². The van der Waals surface area contributed by atoms with Gasteiger partial charge < -0.3 is 0 Å². The summed E-state index contributed by atoms with van der Waals surface area (Å²) in [5.41, 5.74) is 2.59. The first-order valence-corrected chi connectivity index (χ1v) is 6.82. The van der Waals surface area contributed by atoms with Crippen molar-refractivity contribution in [3.8, 4) is 0 Å². The Morgan fingerprint density at radius 2 is 2.07 bits per heavy atom. The Labute approximate surface area is 97.2 Å². The molecule has 0 unspecified atom stereocenters. The molecule has 0 amide bonds. The van der Waals surface area contributed by atoms with Gasteiger partial charge in [0.25, 0.3) is 0 Å². The van der Waals surface area contributed by atoms with Crippen molar-refractivity contribution in [2.75, 3.05) is 11.5 Å². The molecule has 0 spiro atoms. The van der Waals surface area contributed by atoms with E-state index in [4.69, 9.17) is 0 Å². The van der Waals surface area contributed by atoms with E-state index in [0.717, 1.165) is 12.1 Å². The van der Waals surface area contributed by atoms with E-state index in [1.54, 1.807) is 0 Å². The lowest BCUT2D eigenvalue weighted by atomic mass is 9.92. The van der Waals surface area contributed by atoms with Crippen molar-refractivity contribution >= 4 is 11.8 Å². The standard InChI is InChI=1S/C12H22N2S/c1-5-7-15-8-6-10-9-11(14-13-10)12(2,3)4/h9H,5-8H2,1-4H3,(H,13,14). The van der Waals surface area contributed by atoms with Crippen LogP contribution in [0.4, 0.5) is 0 Å². The highest BCUT2D eigenvalue weighted by atomic mass is 32.2. The second-order valence-electron chi connectivity index (χ2n) is 4.89. The van der Waals surface area contributed by atoms with Crippen molar-refractivity contribution < 1.29 is 0 Å². The fraction of sp³-hybridized carbons (Fsp3) is 0.750. The Morgan fingerprint density at radius 1 is 1.33 bits per heavy atom. The first-order valence-electron chi connectivity index (χ1n) is 5.66. The molecule has 0 radical (unpaired) electrons. The van der Waals surface area contributed by atoms with Gasteiger partial charge in [-0.3, -0.25) is 5.10 Å². The molecule has 1 heterocycles. The Morgan fingerprint density at radius 3 is 2.60 bits per heavy atom. The summed E-state index contributed by atoms with van der Waals surface area (Å²) >= 11 is 2.02. The van der Waals surface area contributed by atoms with Crippen LogP contribution in [0.2, 0.25) is 0 Å². The van der Waals surface area contributed by atoms with Gasteiger partial charge in [0.1, 0.15) is 0 Å². The summed E-state index contributed by atoms with van der Waals surface area (Å²) < 4.78 is 0. The van der Waals surface area contributed by atoms with Crippen LogP contribution in [0, 0.1) is 0 Å². The lowest BCUT2D eigenvalue weighted by Gasteiger charge is -2.13. The third-order valence-corrected chi connectivity index (χ3v) is 3.45. The average Bonchev–Trinajstić information content (AvgIpc) is 2.60. The Balaban J connectivity index is 2.40. The molecule has 86 valence electrons. The van der Waals surface area contributed by atoms with Crippen LogP contribution in [-0.2, 0) is 11.8 Å². The van der Waals surface area contributed by atoms with Crippen LogP contribution in [0.25, 0.3) is 0 Å². The predicted molar refractivity (Wildman–Crippen MR) is 68.6 cm³/mol. The lowest BCUT2D eigenvalue weighted by molar-refractivity contribution is 0.567. The van der Waals surface area contributed by atoms with E-state index in [-0.39, 0.29) is 5.41 Å². The first kappa shape index (κ1) is 12.6. The monoisotopic (exact) mass is 226 g/mol. The first-order chi connectivity index (χ1) is 7.04. The summed E-state index contributed by atoms with van der Waals surface area (Å²) in [5.74, 6) is 2.46. The molecule has 0 bridgehead atoms. The van der Waals surface area contributed by atoms with Crippen LogP contribution >= 0.6 is 11.8 Å². The zero-order chi connectivity index (χ0) is 11.3. The van der Waals surface area contributed by atoms with Crippen LogP contribution in [-0.4, -0.2) is 21.7 Å². The number of hydrogen-bond acceptors (Lipinski definition) is 2. The number of H-pyrrole nitrogens is 1. The third-order valence-electron chi connectivity index (χ3n) is 2.26. The van der Waals surface area contributed by atoms with E-state index < -0.39 is 0 Å². The van der Waals surface area contributed by atoms with E-state index in [1.807, 2.05) is 11.8 Å². The van der Waals surface area contributed by atoms with Crippen LogP contribution < -0.4 is 0 Å².